The average Bonchev–Trinajstić information content (AvgIpc) is 2.18. The van der Waals surface area contributed by atoms with Crippen LogP contribution in [-0.2, 0) is 0 Å². The van der Waals surface area contributed by atoms with Gasteiger partial charge in [0.2, 0.25) is 0 Å². The third kappa shape index (κ3) is 13700. The molecule has 0 aliphatic carbocycles. The van der Waals surface area contributed by atoms with Crippen molar-refractivity contribution in [2.24, 2.45) is 5.92 Å². The van der Waals surface area contributed by atoms with Gasteiger partial charge in [-0.1, -0.05) is 75.2 Å². The summed E-state index contributed by atoms with van der Waals surface area (Å²) >= 11 is 0. The standard InChI is InChI=1S/C5H12.2C3H8.2CH2O3.CH4/c1-4-5(2)3;2*1-3-2;2*2-1(3)4;/h5H,4H2,1-3H3;2*3H2,1-2H3;2*(H2,2,3,4);1H4. The lowest BCUT2D eigenvalue weighted by atomic mass is 10.2. The smallest absolute Gasteiger partial charge is 0.450 e. The summed E-state index contributed by atoms with van der Waals surface area (Å²) in [6, 6.07) is 0. The van der Waals surface area contributed by atoms with Crippen LogP contribution < -0.4 is 0 Å². The zero-order valence-corrected chi connectivity index (χ0v) is 13.3. The summed E-state index contributed by atoms with van der Waals surface area (Å²) in [6.07, 6.45) is 0.139. The van der Waals surface area contributed by atoms with Gasteiger partial charge in [-0.3, -0.25) is 0 Å². The van der Waals surface area contributed by atoms with E-state index in [0.717, 1.165) is 5.92 Å². The highest BCUT2D eigenvalue weighted by Crippen LogP contribution is 1.93. The largest absolute Gasteiger partial charge is 0.503 e. The summed E-state index contributed by atoms with van der Waals surface area (Å²) < 4.78 is 0. The molecule has 6 heteroatoms. The first-order valence-corrected chi connectivity index (χ1v) is 6.40. The lowest BCUT2D eigenvalue weighted by Crippen LogP contribution is -1.81. The molecule has 0 unspecified atom stereocenters. The number of rotatable bonds is 1. The van der Waals surface area contributed by atoms with Crippen LogP contribution in [0.2, 0.25) is 0 Å². The van der Waals surface area contributed by atoms with Crippen molar-refractivity contribution < 1.29 is 30.0 Å². The van der Waals surface area contributed by atoms with Crippen LogP contribution >= 0.6 is 0 Å². The molecule has 0 aliphatic heterocycles. The second-order valence-corrected chi connectivity index (χ2v) is 3.78. The topological polar surface area (TPSA) is 115 Å². The lowest BCUT2D eigenvalue weighted by Gasteiger charge is -1.90. The van der Waals surface area contributed by atoms with Crippen LogP contribution in [0.25, 0.3) is 0 Å². The molecular weight excluding hydrogens is 264 g/mol. The van der Waals surface area contributed by atoms with Crippen LogP contribution in [0.4, 0.5) is 9.59 Å². The van der Waals surface area contributed by atoms with Crippen LogP contribution in [0, 0.1) is 5.92 Å². The normalized spacial score (nSPS) is 6.60. The van der Waals surface area contributed by atoms with E-state index < -0.39 is 12.3 Å². The molecule has 0 rings (SSSR count). The molecule has 128 valence electrons. The first-order valence-electron chi connectivity index (χ1n) is 6.40. The average molecular weight is 300 g/mol. The molecule has 0 spiro atoms. The minimum atomic E-state index is -1.83. The molecule has 0 amide bonds. The second kappa shape index (κ2) is 43.2. The van der Waals surface area contributed by atoms with Crippen molar-refractivity contribution in [3.63, 3.8) is 0 Å². The van der Waals surface area contributed by atoms with Crippen LogP contribution in [0.1, 0.15) is 75.2 Å². The Labute approximate surface area is 124 Å². The molecular formula is C14H36O6. The van der Waals surface area contributed by atoms with Crippen LogP contribution in [0.5, 0.6) is 0 Å². The van der Waals surface area contributed by atoms with E-state index in [9.17, 15) is 0 Å². The van der Waals surface area contributed by atoms with Crippen LogP contribution in [0.3, 0.4) is 0 Å². The fourth-order valence-corrected chi connectivity index (χ4v) is 0. The highest BCUT2D eigenvalue weighted by atomic mass is 16.6. The lowest BCUT2D eigenvalue weighted by molar-refractivity contribution is 0.135. The summed E-state index contributed by atoms with van der Waals surface area (Å²) in [5.74, 6) is 0.884. The van der Waals surface area contributed by atoms with E-state index in [-0.39, 0.29) is 7.43 Å². The highest BCUT2D eigenvalue weighted by molar-refractivity contribution is 5.53. The number of hydrogen-bond donors (Lipinski definition) is 4. The molecule has 4 N–H and O–H groups in total. The summed E-state index contributed by atoms with van der Waals surface area (Å²) in [6.45, 7) is 15.1. The molecule has 0 aromatic carbocycles. The molecule has 6 nitrogen and oxygen atoms in total. The molecule has 0 heterocycles. The van der Waals surface area contributed by atoms with Crippen molar-refractivity contribution in [1.82, 2.24) is 0 Å². The Balaban J connectivity index is -0.0000000307. The van der Waals surface area contributed by atoms with Gasteiger partial charge in [0.25, 0.3) is 0 Å². The molecule has 0 aromatic heterocycles. The van der Waals surface area contributed by atoms with Gasteiger partial charge in [-0.05, 0) is 5.92 Å². The van der Waals surface area contributed by atoms with Crippen molar-refractivity contribution in [2.75, 3.05) is 0 Å². The van der Waals surface area contributed by atoms with Crippen molar-refractivity contribution in [1.29, 1.82) is 0 Å². The van der Waals surface area contributed by atoms with E-state index in [1.54, 1.807) is 0 Å². The Morgan fingerprint density at radius 1 is 0.750 bits per heavy atom. The molecule has 0 fully saturated rings. The molecule has 0 atom stereocenters. The number of carboxylic acid groups (broad SMARTS) is 4. The van der Waals surface area contributed by atoms with E-state index >= 15 is 0 Å². The Bertz CT molecular complexity index is 136. The maximum absolute atomic E-state index is 8.56. The van der Waals surface area contributed by atoms with Gasteiger partial charge in [0, 0.05) is 0 Å². The predicted molar refractivity (Wildman–Crippen MR) is 85.1 cm³/mol. The van der Waals surface area contributed by atoms with Gasteiger partial charge in [-0.15, -0.1) is 0 Å². The third-order valence-electron chi connectivity index (χ3n) is 0.816. The van der Waals surface area contributed by atoms with Gasteiger partial charge in [-0.2, -0.15) is 0 Å². The summed E-state index contributed by atoms with van der Waals surface area (Å²) in [7, 11) is 0. The second-order valence-electron chi connectivity index (χ2n) is 3.78. The minimum Gasteiger partial charge on any atom is -0.450 e. The monoisotopic (exact) mass is 300 g/mol. The Morgan fingerprint density at radius 3 is 0.800 bits per heavy atom. The van der Waals surface area contributed by atoms with Crippen molar-refractivity contribution >= 4 is 12.3 Å². The third-order valence-corrected chi connectivity index (χ3v) is 0.816. The van der Waals surface area contributed by atoms with Crippen LogP contribution in [0.15, 0.2) is 0 Å². The fourth-order valence-electron chi connectivity index (χ4n) is 0. The first-order chi connectivity index (χ1) is 8.56. The Kier molecular flexibility index (Phi) is 78.3. The quantitative estimate of drug-likeness (QED) is 0.474. The highest BCUT2D eigenvalue weighted by Gasteiger charge is 1.80. The van der Waals surface area contributed by atoms with E-state index in [0.29, 0.717) is 0 Å². The van der Waals surface area contributed by atoms with E-state index in [2.05, 4.69) is 48.5 Å². The van der Waals surface area contributed by atoms with E-state index in [1.165, 1.54) is 19.3 Å². The van der Waals surface area contributed by atoms with Gasteiger partial charge in [0.05, 0.1) is 0 Å². The van der Waals surface area contributed by atoms with Gasteiger partial charge < -0.3 is 20.4 Å². The molecule has 20 heavy (non-hydrogen) atoms. The summed E-state index contributed by atoms with van der Waals surface area (Å²) in [5.41, 5.74) is 0. The van der Waals surface area contributed by atoms with Crippen molar-refractivity contribution in [3.05, 3.63) is 0 Å². The minimum absolute atomic E-state index is 0. The Hall–Kier alpha value is -1.46. The van der Waals surface area contributed by atoms with Gasteiger partial charge in [0.1, 0.15) is 0 Å². The molecule has 0 saturated carbocycles. The SMILES string of the molecule is C.CCC.CCC.CCC(C)C.O=C(O)O.O=C(O)O. The maximum atomic E-state index is 8.56. The fraction of sp³-hybridized carbons (Fsp3) is 0.857. The molecule has 0 aromatic rings. The number of hydrogen-bond acceptors (Lipinski definition) is 2. The molecule has 0 aliphatic rings. The van der Waals surface area contributed by atoms with Crippen LogP contribution in [-0.4, -0.2) is 32.7 Å². The summed E-state index contributed by atoms with van der Waals surface area (Å²) in [5, 5.41) is 27.9. The molecule has 0 bridgehead atoms. The zero-order chi connectivity index (χ0) is 16.9. The van der Waals surface area contributed by atoms with Gasteiger partial charge >= 0.3 is 12.3 Å². The summed E-state index contributed by atoms with van der Waals surface area (Å²) in [4.78, 5) is 17.1. The maximum Gasteiger partial charge on any atom is 0.503 e. The van der Waals surface area contributed by atoms with Gasteiger partial charge in [0.15, 0.2) is 0 Å². The molecule has 0 saturated heterocycles. The van der Waals surface area contributed by atoms with Crippen molar-refractivity contribution in [2.45, 2.75) is 75.2 Å². The van der Waals surface area contributed by atoms with E-state index in [1.807, 2.05) is 0 Å². The zero-order valence-electron chi connectivity index (χ0n) is 13.3. The Morgan fingerprint density at radius 2 is 0.800 bits per heavy atom. The molecule has 0 radical (unpaired) electrons. The first kappa shape index (κ1) is 36.3. The van der Waals surface area contributed by atoms with E-state index in [4.69, 9.17) is 30.0 Å². The predicted octanol–water partition coefficient (Wildman–Crippen LogP) is 5.97. The number of carbonyl (C=O) groups is 2. The van der Waals surface area contributed by atoms with Crippen molar-refractivity contribution in [3.8, 4) is 0 Å². The van der Waals surface area contributed by atoms with Gasteiger partial charge in [-0.25, -0.2) is 9.59 Å².